The molecule has 0 saturated carbocycles. The molecule has 0 aliphatic carbocycles. The number of fused-ring (bicyclic) bond motifs is 2. The van der Waals surface area contributed by atoms with Crippen LogP contribution in [-0.4, -0.2) is 77.9 Å². The number of nitrogens with zero attached hydrogens (tertiary/aromatic N) is 4. The number of methoxy groups -OCH3 is 1. The monoisotopic (exact) mass is 371 g/mol. The van der Waals surface area contributed by atoms with Crippen LogP contribution in [0.4, 0.5) is 0 Å². The molecule has 2 aliphatic rings. The Labute approximate surface area is 158 Å². The minimum atomic E-state index is -0.557. The number of ether oxygens (including phenoxy) is 1. The van der Waals surface area contributed by atoms with Gasteiger partial charge in [0.1, 0.15) is 12.3 Å². The average Bonchev–Trinajstić information content (AvgIpc) is 3.34. The zero-order chi connectivity index (χ0) is 19.0. The van der Waals surface area contributed by atoms with Crippen molar-refractivity contribution in [2.24, 2.45) is 11.3 Å². The fourth-order valence-electron chi connectivity index (χ4n) is 4.42. The van der Waals surface area contributed by atoms with Crippen molar-refractivity contribution in [3.8, 4) is 0 Å². The van der Waals surface area contributed by atoms with Crippen LogP contribution in [0.5, 0.6) is 0 Å². The Bertz CT molecular complexity index is 866. The maximum absolute atomic E-state index is 13.4. The number of carbonyl (C=O) groups is 2. The topological polar surface area (TPSA) is 79.2 Å². The van der Waals surface area contributed by atoms with Crippen molar-refractivity contribution >= 4 is 17.5 Å². The molecule has 0 unspecified atom stereocenters. The first kappa shape index (κ1) is 17.9. The second-order valence-corrected chi connectivity index (χ2v) is 7.53. The van der Waals surface area contributed by atoms with Gasteiger partial charge in [0.15, 0.2) is 0 Å². The Kier molecular flexibility index (Phi) is 4.61. The molecule has 0 bridgehead atoms. The van der Waals surface area contributed by atoms with Crippen LogP contribution in [0, 0.1) is 11.3 Å². The minimum Gasteiger partial charge on any atom is -0.375 e. The van der Waals surface area contributed by atoms with E-state index in [1.165, 1.54) is 7.11 Å². The van der Waals surface area contributed by atoms with Crippen molar-refractivity contribution in [3.05, 3.63) is 36.3 Å². The molecule has 2 aromatic rings. The summed E-state index contributed by atoms with van der Waals surface area (Å²) in [7, 11) is 3.34. The van der Waals surface area contributed by atoms with Gasteiger partial charge in [0.05, 0.1) is 23.9 Å². The highest BCUT2D eigenvalue weighted by Crippen LogP contribution is 2.40. The quantitative estimate of drug-likeness (QED) is 0.800. The highest BCUT2D eigenvalue weighted by Gasteiger charge is 2.56. The molecule has 0 spiro atoms. The Morgan fingerprint density at radius 3 is 3.11 bits per heavy atom. The SMILES string of the molecule is COCC(=O)N1C[C@H]2CNC[C@@]2(C(=O)N(C)Cc2cnc3ccccn23)C1. The van der Waals surface area contributed by atoms with E-state index in [9.17, 15) is 9.59 Å². The number of hydrogen-bond acceptors (Lipinski definition) is 5. The van der Waals surface area contributed by atoms with Crippen LogP contribution in [-0.2, 0) is 20.9 Å². The zero-order valence-electron chi connectivity index (χ0n) is 15.7. The van der Waals surface area contributed by atoms with Gasteiger partial charge in [-0.15, -0.1) is 0 Å². The highest BCUT2D eigenvalue weighted by molar-refractivity contribution is 5.86. The number of amides is 2. The van der Waals surface area contributed by atoms with E-state index in [0.717, 1.165) is 17.9 Å². The van der Waals surface area contributed by atoms with Crippen LogP contribution >= 0.6 is 0 Å². The summed E-state index contributed by atoms with van der Waals surface area (Å²) in [5.41, 5.74) is 1.27. The molecular formula is C19H25N5O3. The van der Waals surface area contributed by atoms with Crippen molar-refractivity contribution in [1.29, 1.82) is 0 Å². The fourth-order valence-corrected chi connectivity index (χ4v) is 4.42. The predicted octanol–water partition coefficient (Wildman–Crippen LogP) is -0.0129. The summed E-state index contributed by atoms with van der Waals surface area (Å²) in [5.74, 6) is 0.162. The lowest BCUT2D eigenvalue weighted by Crippen LogP contribution is -2.48. The zero-order valence-corrected chi connectivity index (χ0v) is 15.7. The van der Waals surface area contributed by atoms with Crippen LogP contribution in [0.1, 0.15) is 5.69 Å². The van der Waals surface area contributed by atoms with Gasteiger partial charge in [-0.1, -0.05) is 6.07 Å². The molecule has 8 heteroatoms. The second-order valence-electron chi connectivity index (χ2n) is 7.53. The Hall–Kier alpha value is -2.45. The molecule has 2 saturated heterocycles. The van der Waals surface area contributed by atoms with E-state index < -0.39 is 5.41 Å². The molecule has 0 aromatic carbocycles. The predicted molar refractivity (Wildman–Crippen MR) is 98.9 cm³/mol. The van der Waals surface area contributed by atoms with Gasteiger partial charge in [0.2, 0.25) is 11.8 Å². The van der Waals surface area contributed by atoms with E-state index in [-0.39, 0.29) is 24.3 Å². The molecule has 4 rings (SSSR count). The highest BCUT2D eigenvalue weighted by atomic mass is 16.5. The maximum Gasteiger partial charge on any atom is 0.248 e. The number of hydrogen-bond donors (Lipinski definition) is 1. The van der Waals surface area contributed by atoms with Crippen LogP contribution in [0.2, 0.25) is 0 Å². The standard InChI is InChI=1S/C19H25N5O3/c1-22(10-15-8-21-16-5-3-4-6-24(15)16)18(26)19-12-20-7-14(19)9-23(13-19)17(25)11-27-2/h3-6,8,14,20H,7,9-13H2,1-2H3/t14-,19-/m1/s1. The first-order chi connectivity index (χ1) is 13.0. The second kappa shape index (κ2) is 6.94. The third-order valence-electron chi connectivity index (χ3n) is 5.81. The summed E-state index contributed by atoms with van der Waals surface area (Å²) < 4.78 is 6.97. The van der Waals surface area contributed by atoms with Crippen molar-refractivity contribution in [1.82, 2.24) is 24.5 Å². The van der Waals surface area contributed by atoms with Crippen LogP contribution in [0.3, 0.4) is 0 Å². The van der Waals surface area contributed by atoms with E-state index in [1.807, 2.05) is 42.0 Å². The van der Waals surface area contributed by atoms with E-state index >= 15 is 0 Å². The molecular weight excluding hydrogens is 346 g/mol. The van der Waals surface area contributed by atoms with E-state index in [4.69, 9.17) is 4.74 Å². The van der Waals surface area contributed by atoms with E-state index in [1.54, 1.807) is 9.80 Å². The summed E-state index contributed by atoms with van der Waals surface area (Å²) >= 11 is 0. The van der Waals surface area contributed by atoms with Crippen LogP contribution in [0.25, 0.3) is 5.65 Å². The molecule has 0 radical (unpaired) electrons. The van der Waals surface area contributed by atoms with Crippen molar-refractivity contribution in [3.63, 3.8) is 0 Å². The van der Waals surface area contributed by atoms with E-state index in [2.05, 4.69) is 10.3 Å². The first-order valence-electron chi connectivity index (χ1n) is 9.19. The third-order valence-corrected chi connectivity index (χ3v) is 5.81. The van der Waals surface area contributed by atoms with Gasteiger partial charge in [0.25, 0.3) is 0 Å². The van der Waals surface area contributed by atoms with Gasteiger partial charge in [-0.25, -0.2) is 4.98 Å². The molecule has 2 amide bonds. The summed E-state index contributed by atoms with van der Waals surface area (Å²) in [4.78, 5) is 33.6. The van der Waals surface area contributed by atoms with Crippen molar-refractivity contribution in [2.45, 2.75) is 6.54 Å². The number of carbonyl (C=O) groups excluding carboxylic acids is 2. The van der Waals surface area contributed by atoms with Gasteiger partial charge < -0.3 is 24.3 Å². The molecule has 8 nitrogen and oxygen atoms in total. The minimum absolute atomic E-state index is 0.0523. The van der Waals surface area contributed by atoms with Gasteiger partial charge in [-0.05, 0) is 12.1 Å². The lowest BCUT2D eigenvalue weighted by atomic mass is 9.79. The van der Waals surface area contributed by atoms with Crippen LogP contribution in [0.15, 0.2) is 30.6 Å². The Morgan fingerprint density at radius 2 is 2.30 bits per heavy atom. The largest absolute Gasteiger partial charge is 0.375 e. The first-order valence-corrected chi connectivity index (χ1v) is 9.19. The summed E-state index contributed by atoms with van der Waals surface area (Å²) in [6.45, 7) is 2.94. The van der Waals surface area contributed by atoms with Gasteiger partial charge >= 0.3 is 0 Å². The molecule has 144 valence electrons. The third kappa shape index (κ3) is 2.98. The number of nitrogens with one attached hydrogen (secondary N) is 1. The van der Waals surface area contributed by atoms with E-state index in [0.29, 0.717) is 26.2 Å². The van der Waals surface area contributed by atoms with Gasteiger partial charge in [0, 0.05) is 52.5 Å². The Morgan fingerprint density at radius 1 is 1.44 bits per heavy atom. The van der Waals surface area contributed by atoms with Crippen molar-refractivity contribution < 1.29 is 14.3 Å². The number of rotatable bonds is 5. The number of aromatic nitrogens is 2. The summed E-state index contributed by atoms with van der Waals surface area (Å²) in [6, 6.07) is 5.84. The molecule has 2 fully saturated rings. The maximum atomic E-state index is 13.4. The molecule has 4 heterocycles. The summed E-state index contributed by atoms with van der Waals surface area (Å²) in [5, 5.41) is 3.35. The molecule has 27 heavy (non-hydrogen) atoms. The van der Waals surface area contributed by atoms with Crippen molar-refractivity contribution in [2.75, 3.05) is 46.9 Å². The molecule has 2 aromatic heterocycles. The summed E-state index contributed by atoms with van der Waals surface area (Å²) in [6.07, 6.45) is 3.76. The van der Waals surface area contributed by atoms with Gasteiger partial charge in [-0.3, -0.25) is 9.59 Å². The lowest BCUT2D eigenvalue weighted by Gasteiger charge is -2.31. The number of likely N-dealkylation sites (tertiary alicyclic amines) is 1. The average molecular weight is 371 g/mol. The van der Waals surface area contributed by atoms with Crippen LogP contribution < -0.4 is 5.32 Å². The molecule has 2 atom stereocenters. The molecule has 1 N–H and O–H groups in total. The normalized spacial score (nSPS) is 24.4. The number of imidazole rings is 1. The van der Waals surface area contributed by atoms with Gasteiger partial charge in [-0.2, -0.15) is 0 Å². The fraction of sp³-hybridized carbons (Fsp3) is 0.526. The number of pyridine rings is 1. The Balaban J connectivity index is 1.53. The lowest BCUT2D eigenvalue weighted by molar-refractivity contribution is -0.142. The smallest absolute Gasteiger partial charge is 0.248 e. The molecule has 2 aliphatic heterocycles.